The van der Waals surface area contributed by atoms with E-state index in [0.717, 1.165) is 27.7 Å². The molecule has 180 valence electrons. The van der Waals surface area contributed by atoms with E-state index < -0.39 is 5.41 Å². The van der Waals surface area contributed by atoms with Crippen LogP contribution in [0.1, 0.15) is 35.5 Å². The minimum atomic E-state index is -0.475. The molecule has 0 unspecified atom stereocenters. The van der Waals surface area contributed by atoms with Crippen molar-refractivity contribution in [2.75, 3.05) is 5.32 Å². The van der Waals surface area contributed by atoms with Gasteiger partial charge in [-0.15, -0.1) is 0 Å². The third-order valence-electron chi connectivity index (χ3n) is 6.86. The van der Waals surface area contributed by atoms with Gasteiger partial charge in [0, 0.05) is 17.1 Å². The molecule has 2 heterocycles. The van der Waals surface area contributed by atoms with E-state index >= 15 is 0 Å². The van der Waals surface area contributed by atoms with Crippen LogP contribution in [0.25, 0.3) is 10.9 Å². The summed E-state index contributed by atoms with van der Waals surface area (Å²) in [6.45, 7) is 2.50. The number of H-pyrrole nitrogens is 1. The van der Waals surface area contributed by atoms with Crippen molar-refractivity contribution in [3.63, 3.8) is 0 Å². The van der Waals surface area contributed by atoms with E-state index in [2.05, 4.69) is 27.6 Å². The largest absolute Gasteiger partial charge is 0.373 e. The van der Waals surface area contributed by atoms with Crippen molar-refractivity contribution >= 4 is 22.5 Å². The number of halogens is 1. The van der Waals surface area contributed by atoms with Gasteiger partial charge in [-0.2, -0.15) is 5.10 Å². The normalized spacial score (nSPS) is 19.2. The fourth-order valence-electron chi connectivity index (χ4n) is 4.93. The Kier molecular flexibility index (Phi) is 5.70. The van der Waals surface area contributed by atoms with Crippen molar-refractivity contribution in [2.24, 2.45) is 0 Å². The smallest absolute Gasteiger partial charge is 0.153 e. The zero-order valence-electron chi connectivity index (χ0n) is 19.9. The number of nitrogens with one attached hydrogen (secondary N) is 2. The van der Waals surface area contributed by atoms with E-state index in [1.54, 1.807) is 0 Å². The summed E-state index contributed by atoms with van der Waals surface area (Å²) in [5.41, 5.74) is 3.44. The summed E-state index contributed by atoms with van der Waals surface area (Å²) < 4.78 is 20.1. The number of benzene rings is 3. The summed E-state index contributed by atoms with van der Waals surface area (Å²) in [6.07, 6.45) is 1.48. The molecule has 7 heteroatoms. The first-order valence-corrected chi connectivity index (χ1v) is 12.1. The van der Waals surface area contributed by atoms with Gasteiger partial charge in [0.15, 0.2) is 5.82 Å². The molecule has 3 aromatic carbocycles. The number of hydrogen-bond donors (Lipinski definition) is 2. The molecule has 1 aliphatic carbocycles. The highest BCUT2D eigenvalue weighted by molar-refractivity contribution is 5.90. The third-order valence-corrected chi connectivity index (χ3v) is 6.86. The molecular formula is C29H26FN5O. The number of anilines is 2. The van der Waals surface area contributed by atoms with Crippen LogP contribution >= 0.6 is 0 Å². The number of rotatable bonds is 7. The summed E-state index contributed by atoms with van der Waals surface area (Å²) in [4.78, 5) is 10.0. The lowest BCUT2D eigenvalue weighted by atomic mass is 9.62. The maximum Gasteiger partial charge on any atom is 0.153 e. The van der Waals surface area contributed by atoms with E-state index in [4.69, 9.17) is 14.7 Å². The molecule has 6 nitrogen and oxygen atoms in total. The average molecular weight is 480 g/mol. The lowest BCUT2D eigenvalue weighted by molar-refractivity contribution is -0.0455. The Morgan fingerprint density at radius 2 is 1.72 bits per heavy atom. The summed E-state index contributed by atoms with van der Waals surface area (Å²) in [5.74, 6) is 1.82. The highest BCUT2D eigenvalue weighted by Gasteiger charge is 2.50. The van der Waals surface area contributed by atoms with E-state index in [9.17, 15) is 4.39 Å². The summed E-state index contributed by atoms with van der Waals surface area (Å²) in [7, 11) is 0. The number of aromatic nitrogens is 4. The van der Waals surface area contributed by atoms with E-state index in [1.807, 2.05) is 67.6 Å². The zero-order chi connectivity index (χ0) is 24.5. The zero-order valence-corrected chi connectivity index (χ0v) is 19.9. The van der Waals surface area contributed by atoms with Gasteiger partial charge < -0.3 is 10.1 Å². The molecule has 0 atom stereocenters. The van der Waals surface area contributed by atoms with Crippen LogP contribution in [0.3, 0.4) is 0 Å². The molecule has 0 amide bonds. The van der Waals surface area contributed by atoms with Crippen molar-refractivity contribution in [3.8, 4) is 0 Å². The molecule has 36 heavy (non-hydrogen) atoms. The van der Waals surface area contributed by atoms with Crippen LogP contribution in [0, 0.1) is 12.7 Å². The van der Waals surface area contributed by atoms with Crippen LogP contribution in [-0.4, -0.2) is 26.3 Å². The number of aryl methyl sites for hydroxylation is 1. The second-order valence-electron chi connectivity index (χ2n) is 9.39. The van der Waals surface area contributed by atoms with Crippen molar-refractivity contribution in [1.29, 1.82) is 0 Å². The molecule has 2 aromatic heterocycles. The number of hydrogen-bond acceptors (Lipinski definition) is 5. The fourth-order valence-corrected chi connectivity index (χ4v) is 4.93. The Bertz CT molecular complexity index is 1490. The van der Waals surface area contributed by atoms with Crippen LogP contribution < -0.4 is 5.32 Å². The molecule has 5 aromatic rings. The molecule has 0 aliphatic heterocycles. The Balaban J connectivity index is 1.37. The van der Waals surface area contributed by atoms with Crippen molar-refractivity contribution in [1.82, 2.24) is 20.2 Å². The first kappa shape index (κ1) is 22.4. The van der Waals surface area contributed by atoms with Gasteiger partial charge in [-0.05, 0) is 55.2 Å². The second-order valence-corrected chi connectivity index (χ2v) is 9.39. The predicted octanol–water partition coefficient (Wildman–Crippen LogP) is 6.21. The molecular weight excluding hydrogens is 453 g/mol. The van der Waals surface area contributed by atoms with Gasteiger partial charge in [-0.1, -0.05) is 54.6 Å². The van der Waals surface area contributed by atoms with Gasteiger partial charge in [0.25, 0.3) is 0 Å². The Morgan fingerprint density at radius 1 is 0.972 bits per heavy atom. The molecule has 6 rings (SSSR count). The van der Waals surface area contributed by atoms with Gasteiger partial charge >= 0.3 is 0 Å². The molecule has 0 saturated heterocycles. The molecule has 1 aliphatic rings. The van der Waals surface area contributed by atoms with Gasteiger partial charge in [0.1, 0.15) is 17.5 Å². The van der Waals surface area contributed by atoms with Crippen LogP contribution in [-0.2, 0) is 16.8 Å². The maximum absolute atomic E-state index is 13.8. The number of para-hydroxylation sites is 1. The van der Waals surface area contributed by atoms with Crippen molar-refractivity contribution in [2.45, 2.75) is 37.9 Å². The lowest BCUT2D eigenvalue weighted by Crippen LogP contribution is -2.48. The second kappa shape index (κ2) is 9.17. The van der Waals surface area contributed by atoms with E-state index in [0.29, 0.717) is 36.9 Å². The highest BCUT2D eigenvalue weighted by Crippen LogP contribution is 2.50. The Morgan fingerprint density at radius 3 is 2.47 bits per heavy atom. The highest BCUT2D eigenvalue weighted by atomic mass is 19.1. The quantitative estimate of drug-likeness (QED) is 0.290. The van der Waals surface area contributed by atoms with Gasteiger partial charge in [-0.25, -0.2) is 14.4 Å². The lowest BCUT2D eigenvalue weighted by Gasteiger charge is -2.46. The number of aromatic amines is 1. The van der Waals surface area contributed by atoms with Crippen LogP contribution in [0.5, 0.6) is 0 Å². The monoisotopic (exact) mass is 479 g/mol. The van der Waals surface area contributed by atoms with Crippen LogP contribution in [0.15, 0.2) is 84.9 Å². The van der Waals surface area contributed by atoms with Crippen molar-refractivity contribution in [3.05, 3.63) is 113 Å². The molecule has 1 fully saturated rings. The molecule has 1 saturated carbocycles. The number of ether oxygens (including phenoxy) is 1. The molecule has 0 bridgehead atoms. The summed E-state index contributed by atoms with van der Waals surface area (Å²) in [6, 6.07) is 26.7. The average Bonchev–Trinajstić information content (AvgIpc) is 3.29. The van der Waals surface area contributed by atoms with Crippen LogP contribution in [0.2, 0.25) is 0 Å². The molecule has 0 radical (unpaired) electrons. The first-order chi connectivity index (χ1) is 17.6. The SMILES string of the molecule is Cc1cc(Nc2nc(C3(c4ccc(F)cc4)CC(OCc4ccccc4)C3)nc3ccccc23)n[nH]1. The number of fused-ring (bicyclic) bond motifs is 1. The van der Waals surface area contributed by atoms with E-state index in [1.165, 1.54) is 12.1 Å². The van der Waals surface area contributed by atoms with Gasteiger partial charge in [0.2, 0.25) is 0 Å². The van der Waals surface area contributed by atoms with Gasteiger partial charge in [0.05, 0.1) is 23.6 Å². The minimum absolute atomic E-state index is 0.0516. The summed E-state index contributed by atoms with van der Waals surface area (Å²) in [5, 5.41) is 11.6. The predicted molar refractivity (Wildman–Crippen MR) is 138 cm³/mol. The minimum Gasteiger partial charge on any atom is -0.373 e. The molecule has 2 N–H and O–H groups in total. The van der Waals surface area contributed by atoms with E-state index in [-0.39, 0.29) is 11.9 Å². The molecule has 0 spiro atoms. The Labute approximate surface area is 208 Å². The number of nitrogens with zero attached hydrogens (tertiary/aromatic N) is 3. The van der Waals surface area contributed by atoms with Crippen LogP contribution in [0.4, 0.5) is 16.0 Å². The fraction of sp³-hybridized carbons (Fsp3) is 0.207. The van der Waals surface area contributed by atoms with Gasteiger partial charge in [-0.3, -0.25) is 5.10 Å². The topological polar surface area (TPSA) is 75.7 Å². The Hall–Kier alpha value is -4.10. The maximum atomic E-state index is 13.8. The van der Waals surface area contributed by atoms with Crippen molar-refractivity contribution < 1.29 is 9.13 Å². The third kappa shape index (κ3) is 4.22. The standard InChI is InChI=1S/C29H26FN5O/c1-19-15-26(35-34-19)32-27-24-9-5-6-10-25(24)31-28(33-27)29(21-11-13-22(30)14-12-21)16-23(17-29)36-18-20-7-3-2-4-8-20/h2-15,23H,16-18H2,1H3,(H2,31,32,33,34,35). The first-order valence-electron chi connectivity index (χ1n) is 12.1. The summed E-state index contributed by atoms with van der Waals surface area (Å²) >= 11 is 0.